The molecule has 0 amide bonds. The van der Waals surface area contributed by atoms with Gasteiger partial charge in [0, 0.05) is 19.6 Å². The molecule has 1 aromatic carbocycles. The van der Waals surface area contributed by atoms with Crippen molar-refractivity contribution in [3.63, 3.8) is 0 Å². The number of methoxy groups -OCH3 is 2. The third-order valence-corrected chi connectivity index (χ3v) is 2.70. The van der Waals surface area contributed by atoms with Gasteiger partial charge >= 0.3 is 5.97 Å². The smallest absolute Gasteiger partial charge is 0.330 e. The van der Waals surface area contributed by atoms with E-state index in [0.29, 0.717) is 13.0 Å². The summed E-state index contributed by atoms with van der Waals surface area (Å²) < 4.78 is 15.2. The molecular weight excluding hydrogens is 244 g/mol. The molecule has 0 fully saturated rings. The van der Waals surface area contributed by atoms with Crippen LogP contribution in [0.25, 0.3) is 6.08 Å². The molecule has 104 valence electrons. The molecule has 0 aliphatic carbocycles. The van der Waals surface area contributed by atoms with Crippen LogP contribution in [0.1, 0.15) is 18.9 Å². The van der Waals surface area contributed by atoms with E-state index in [1.54, 1.807) is 20.3 Å². The van der Waals surface area contributed by atoms with E-state index < -0.39 is 0 Å². The molecule has 4 heteroatoms. The van der Waals surface area contributed by atoms with Gasteiger partial charge in [0.1, 0.15) is 5.75 Å². The minimum Gasteiger partial charge on any atom is -0.497 e. The van der Waals surface area contributed by atoms with Crippen LogP contribution < -0.4 is 4.74 Å². The van der Waals surface area contributed by atoms with Crippen molar-refractivity contribution >= 4 is 12.0 Å². The van der Waals surface area contributed by atoms with Crippen LogP contribution >= 0.6 is 0 Å². The van der Waals surface area contributed by atoms with Gasteiger partial charge in [0.15, 0.2) is 0 Å². The molecule has 0 bridgehead atoms. The van der Waals surface area contributed by atoms with Gasteiger partial charge in [0.05, 0.1) is 19.8 Å². The Balaban J connectivity index is 2.36. The second kappa shape index (κ2) is 8.32. The average molecular weight is 264 g/mol. The van der Waals surface area contributed by atoms with Gasteiger partial charge in [-0.15, -0.1) is 0 Å². The van der Waals surface area contributed by atoms with Gasteiger partial charge in [-0.25, -0.2) is 4.79 Å². The maximum Gasteiger partial charge on any atom is 0.330 e. The van der Waals surface area contributed by atoms with Gasteiger partial charge in [-0.1, -0.05) is 12.1 Å². The fourth-order valence-electron chi connectivity index (χ4n) is 1.37. The molecule has 0 radical (unpaired) electrons. The van der Waals surface area contributed by atoms with E-state index >= 15 is 0 Å². The molecule has 0 aliphatic rings. The third-order valence-electron chi connectivity index (χ3n) is 2.70. The molecule has 0 unspecified atom stereocenters. The van der Waals surface area contributed by atoms with Gasteiger partial charge in [0.2, 0.25) is 0 Å². The Kier molecular flexibility index (Phi) is 6.68. The fraction of sp³-hybridized carbons (Fsp3) is 0.400. The lowest BCUT2D eigenvalue weighted by Gasteiger charge is -2.08. The van der Waals surface area contributed by atoms with Gasteiger partial charge in [-0.2, -0.15) is 0 Å². The minimum atomic E-state index is -0.348. The lowest BCUT2D eigenvalue weighted by molar-refractivity contribution is -0.138. The number of hydrogen-bond donors (Lipinski definition) is 0. The molecule has 0 N–H and O–H groups in total. The molecule has 4 nitrogen and oxygen atoms in total. The Labute approximate surface area is 114 Å². The lowest BCUT2D eigenvalue weighted by Crippen LogP contribution is -2.11. The average Bonchev–Trinajstić information content (AvgIpc) is 2.45. The standard InChI is InChI=1S/C15H20O4/c1-12(17-2)10-11-19-15(16)9-6-13-4-7-14(18-3)8-5-13/h4-9,12H,10-11H2,1-3H3/b9-6-/t12-/m1/s1. The van der Waals surface area contributed by atoms with Crippen LogP contribution in [-0.2, 0) is 14.3 Å². The van der Waals surface area contributed by atoms with Crippen LogP contribution in [0.15, 0.2) is 30.3 Å². The van der Waals surface area contributed by atoms with Crippen molar-refractivity contribution in [3.8, 4) is 5.75 Å². The predicted octanol–water partition coefficient (Wildman–Crippen LogP) is 2.68. The highest BCUT2D eigenvalue weighted by Gasteiger charge is 2.01. The van der Waals surface area contributed by atoms with Crippen LogP contribution in [-0.4, -0.2) is 32.9 Å². The minimum absolute atomic E-state index is 0.0957. The van der Waals surface area contributed by atoms with Crippen LogP contribution in [0.2, 0.25) is 0 Å². The molecular formula is C15H20O4. The number of hydrogen-bond acceptors (Lipinski definition) is 4. The van der Waals surface area contributed by atoms with Crippen LogP contribution in [0.5, 0.6) is 5.75 Å². The zero-order chi connectivity index (χ0) is 14.1. The van der Waals surface area contributed by atoms with Crippen molar-refractivity contribution in [2.45, 2.75) is 19.4 Å². The summed E-state index contributed by atoms with van der Waals surface area (Å²) in [5, 5.41) is 0. The summed E-state index contributed by atoms with van der Waals surface area (Å²) in [7, 11) is 3.25. The van der Waals surface area contributed by atoms with E-state index in [4.69, 9.17) is 14.2 Å². The first-order chi connectivity index (χ1) is 9.15. The molecule has 0 heterocycles. The number of ether oxygens (including phenoxy) is 3. The summed E-state index contributed by atoms with van der Waals surface area (Å²) in [6, 6.07) is 7.42. The number of esters is 1. The zero-order valence-electron chi connectivity index (χ0n) is 11.6. The summed E-state index contributed by atoms with van der Waals surface area (Å²) in [6.07, 6.45) is 3.91. The number of rotatable bonds is 7. The topological polar surface area (TPSA) is 44.8 Å². The Morgan fingerprint density at radius 1 is 1.26 bits per heavy atom. The molecule has 1 atom stereocenters. The number of carbonyl (C=O) groups is 1. The van der Waals surface area contributed by atoms with Crippen molar-refractivity contribution in [3.05, 3.63) is 35.9 Å². The van der Waals surface area contributed by atoms with Crippen LogP contribution in [0.4, 0.5) is 0 Å². The Morgan fingerprint density at radius 3 is 2.53 bits per heavy atom. The lowest BCUT2D eigenvalue weighted by atomic mass is 10.2. The highest BCUT2D eigenvalue weighted by Crippen LogP contribution is 2.12. The van der Waals surface area contributed by atoms with Gasteiger partial charge in [-0.05, 0) is 30.7 Å². The zero-order valence-corrected chi connectivity index (χ0v) is 11.6. The molecule has 0 saturated heterocycles. The first-order valence-corrected chi connectivity index (χ1v) is 6.17. The van der Waals surface area contributed by atoms with Crippen molar-refractivity contribution in [2.75, 3.05) is 20.8 Å². The van der Waals surface area contributed by atoms with E-state index in [1.165, 1.54) is 6.08 Å². The van der Waals surface area contributed by atoms with Gasteiger partial charge in [0.25, 0.3) is 0 Å². The van der Waals surface area contributed by atoms with E-state index in [9.17, 15) is 4.79 Å². The highest BCUT2D eigenvalue weighted by atomic mass is 16.5. The molecule has 0 spiro atoms. The fourth-order valence-corrected chi connectivity index (χ4v) is 1.37. The van der Waals surface area contributed by atoms with Crippen LogP contribution in [0.3, 0.4) is 0 Å². The van der Waals surface area contributed by atoms with E-state index in [-0.39, 0.29) is 12.1 Å². The summed E-state index contributed by atoms with van der Waals surface area (Å²) in [5.74, 6) is 0.437. The second-order valence-electron chi connectivity index (χ2n) is 4.11. The predicted molar refractivity (Wildman–Crippen MR) is 74.1 cm³/mol. The monoisotopic (exact) mass is 264 g/mol. The number of benzene rings is 1. The van der Waals surface area contributed by atoms with Crippen LogP contribution in [0, 0.1) is 0 Å². The van der Waals surface area contributed by atoms with Crippen molar-refractivity contribution < 1.29 is 19.0 Å². The second-order valence-corrected chi connectivity index (χ2v) is 4.11. The van der Waals surface area contributed by atoms with Gasteiger partial charge in [-0.3, -0.25) is 0 Å². The largest absolute Gasteiger partial charge is 0.497 e. The number of carbonyl (C=O) groups excluding carboxylic acids is 1. The SMILES string of the molecule is COc1ccc(/C=C\C(=O)OCC[C@@H](C)OC)cc1. The molecule has 1 rings (SSSR count). The normalized spacial score (nSPS) is 12.4. The van der Waals surface area contributed by atoms with Crippen molar-refractivity contribution in [2.24, 2.45) is 0 Å². The maximum absolute atomic E-state index is 11.4. The van der Waals surface area contributed by atoms with E-state index in [2.05, 4.69) is 0 Å². The summed E-state index contributed by atoms with van der Waals surface area (Å²) in [6.45, 7) is 2.29. The Hall–Kier alpha value is -1.81. The Morgan fingerprint density at radius 2 is 1.95 bits per heavy atom. The maximum atomic E-state index is 11.4. The highest BCUT2D eigenvalue weighted by molar-refractivity contribution is 5.87. The quantitative estimate of drug-likeness (QED) is 0.561. The Bertz CT molecular complexity index is 409. The molecule has 0 aromatic heterocycles. The first-order valence-electron chi connectivity index (χ1n) is 6.17. The summed E-state index contributed by atoms with van der Waals surface area (Å²) >= 11 is 0. The molecule has 0 aliphatic heterocycles. The molecule has 0 saturated carbocycles. The van der Waals surface area contributed by atoms with Crippen molar-refractivity contribution in [1.29, 1.82) is 0 Å². The summed E-state index contributed by atoms with van der Waals surface area (Å²) in [5.41, 5.74) is 0.919. The van der Waals surface area contributed by atoms with E-state index in [1.807, 2.05) is 31.2 Å². The van der Waals surface area contributed by atoms with E-state index in [0.717, 1.165) is 11.3 Å². The molecule has 1 aromatic rings. The third kappa shape index (κ3) is 6.06. The van der Waals surface area contributed by atoms with Gasteiger partial charge < -0.3 is 14.2 Å². The summed E-state index contributed by atoms with van der Waals surface area (Å²) in [4.78, 5) is 11.4. The first kappa shape index (κ1) is 15.2. The van der Waals surface area contributed by atoms with Crippen molar-refractivity contribution in [1.82, 2.24) is 0 Å². The molecule has 19 heavy (non-hydrogen) atoms.